The summed E-state index contributed by atoms with van der Waals surface area (Å²) in [6, 6.07) is 3.43. The van der Waals surface area contributed by atoms with Crippen molar-refractivity contribution in [2.75, 3.05) is 0 Å². The molecule has 0 spiro atoms. The average Bonchev–Trinajstić information content (AvgIpc) is 3.13. The summed E-state index contributed by atoms with van der Waals surface area (Å²) in [4.78, 5) is 26.7. The van der Waals surface area contributed by atoms with Gasteiger partial charge in [-0.1, -0.05) is 5.16 Å². The molecule has 0 aliphatic carbocycles. The quantitative estimate of drug-likeness (QED) is 0.763. The van der Waals surface area contributed by atoms with E-state index in [0.717, 1.165) is 0 Å². The lowest BCUT2D eigenvalue weighted by Crippen LogP contribution is -2.43. The maximum absolute atomic E-state index is 11.9. The predicted octanol–water partition coefficient (Wildman–Crippen LogP) is 2.02. The van der Waals surface area contributed by atoms with Crippen LogP contribution in [0.4, 0.5) is 0 Å². The lowest BCUT2D eigenvalue weighted by Gasteiger charge is -2.25. The van der Waals surface area contributed by atoms with Crippen LogP contribution in [0.25, 0.3) is 11.6 Å². The van der Waals surface area contributed by atoms with E-state index >= 15 is 0 Å². The second-order valence-electron chi connectivity index (χ2n) is 5.81. The third-order valence-corrected chi connectivity index (χ3v) is 3.22. The molecule has 2 N–H and O–H groups in total. The molecule has 0 atom stereocenters. The molecule has 2 heterocycles. The van der Waals surface area contributed by atoms with Crippen molar-refractivity contribution in [3.8, 4) is 11.6 Å². The molecule has 0 unspecified atom stereocenters. The first-order valence-corrected chi connectivity index (χ1v) is 7.25. The third kappa shape index (κ3) is 5.24. The van der Waals surface area contributed by atoms with Crippen LogP contribution in [-0.2, 0) is 16.0 Å². The van der Waals surface area contributed by atoms with Gasteiger partial charge in [-0.25, -0.2) is 0 Å². The van der Waals surface area contributed by atoms with E-state index in [1.165, 1.54) is 6.26 Å². The molecule has 0 saturated carbocycles. The van der Waals surface area contributed by atoms with E-state index in [1.807, 2.05) is 0 Å². The van der Waals surface area contributed by atoms with E-state index in [0.29, 0.717) is 30.3 Å². The molecule has 2 aromatic rings. The van der Waals surface area contributed by atoms with Gasteiger partial charge in [0.25, 0.3) is 0 Å². The van der Waals surface area contributed by atoms with E-state index in [-0.39, 0.29) is 18.7 Å². The summed E-state index contributed by atoms with van der Waals surface area (Å²) in [5, 5.41) is 15.3. The third-order valence-electron chi connectivity index (χ3n) is 3.22. The zero-order chi connectivity index (χ0) is 16.9. The molecule has 8 nitrogen and oxygen atoms in total. The normalized spacial score (nSPS) is 11.4. The van der Waals surface area contributed by atoms with Crippen LogP contribution in [0.15, 0.2) is 27.3 Å². The van der Waals surface area contributed by atoms with Gasteiger partial charge in [0, 0.05) is 24.8 Å². The molecule has 0 fully saturated rings. The SMILES string of the molecule is CC(C)(CCC(=O)O)NC(=O)CCc1nc(-c2ccco2)no1. The minimum Gasteiger partial charge on any atom is -0.481 e. The summed E-state index contributed by atoms with van der Waals surface area (Å²) in [6.45, 7) is 3.57. The van der Waals surface area contributed by atoms with Crippen molar-refractivity contribution in [1.82, 2.24) is 15.5 Å². The number of rotatable bonds is 8. The standard InChI is InChI=1S/C15H19N3O5/c1-15(2,8-7-13(20)21)17-11(19)5-6-12-16-14(18-23-12)10-4-3-9-22-10/h3-4,9H,5-8H2,1-2H3,(H,17,19)(H,20,21). The van der Waals surface area contributed by atoms with E-state index in [4.69, 9.17) is 14.0 Å². The van der Waals surface area contributed by atoms with Gasteiger partial charge in [0.05, 0.1) is 6.26 Å². The van der Waals surface area contributed by atoms with Crippen molar-refractivity contribution in [1.29, 1.82) is 0 Å². The number of aromatic nitrogens is 2. The lowest BCUT2D eigenvalue weighted by atomic mass is 9.98. The van der Waals surface area contributed by atoms with Crippen LogP contribution in [0.5, 0.6) is 0 Å². The number of carboxylic acid groups (broad SMARTS) is 1. The molecule has 0 radical (unpaired) electrons. The van der Waals surface area contributed by atoms with Gasteiger partial charge >= 0.3 is 5.97 Å². The summed E-state index contributed by atoms with van der Waals surface area (Å²) in [5.74, 6) is 0.100. The maximum atomic E-state index is 11.9. The van der Waals surface area contributed by atoms with Crippen LogP contribution in [0, 0.1) is 0 Å². The Balaban J connectivity index is 1.81. The summed E-state index contributed by atoms with van der Waals surface area (Å²) < 4.78 is 10.2. The Morgan fingerprint density at radius 3 is 2.78 bits per heavy atom. The first-order chi connectivity index (χ1) is 10.9. The number of carbonyl (C=O) groups excluding carboxylic acids is 1. The number of nitrogens with one attached hydrogen (secondary N) is 1. The highest BCUT2D eigenvalue weighted by Crippen LogP contribution is 2.16. The van der Waals surface area contributed by atoms with Crippen LogP contribution < -0.4 is 5.32 Å². The Morgan fingerprint density at radius 1 is 1.35 bits per heavy atom. The summed E-state index contributed by atoms with van der Waals surface area (Å²) in [6.07, 6.45) is 2.35. The van der Waals surface area contributed by atoms with E-state index in [2.05, 4.69) is 15.5 Å². The summed E-state index contributed by atoms with van der Waals surface area (Å²) in [7, 11) is 0. The fourth-order valence-electron chi connectivity index (χ4n) is 2.00. The van der Waals surface area contributed by atoms with Crippen molar-refractivity contribution >= 4 is 11.9 Å². The number of carbonyl (C=O) groups is 2. The van der Waals surface area contributed by atoms with Crippen LogP contribution in [0.1, 0.15) is 39.0 Å². The van der Waals surface area contributed by atoms with Crippen LogP contribution in [0.2, 0.25) is 0 Å². The first kappa shape index (κ1) is 16.7. The molecule has 0 bridgehead atoms. The molecule has 0 aliphatic rings. The molecule has 2 aromatic heterocycles. The Kier molecular flexibility index (Phi) is 5.15. The van der Waals surface area contributed by atoms with Crippen LogP contribution in [-0.4, -0.2) is 32.7 Å². The highest BCUT2D eigenvalue weighted by molar-refractivity contribution is 5.77. The van der Waals surface area contributed by atoms with Gasteiger partial charge in [0.2, 0.25) is 17.6 Å². The Bertz CT molecular complexity index is 660. The van der Waals surface area contributed by atoms with E-state index in [1.54, 1.807) is 26.0 Å². The first-order valence-electron chi connectivity index (χ1n) is 7.25. The monoisotopic (exact) mass is 321 g/mol. The Labute approximate surface area is 132 Å². The number of furan rings is 1. The number of nitrogens with zero attached hydrogens (tertiary/aromatic N) is 2. The van der Waals surface area contributed by atoms with Crippen LogP contribution >= 0.6 is 0 Å². The smallest absolute Gasteiger partial charge is 0.303 e. The topological polar surface area (TPSA) is 118 Å². The zero-order valence-corrected chi connectivity index (χ0v) is 13.0. The predicted molar refractivity (Wildman–Crippen MR) is 79.4 cm³/mol. The maximum Gasteiger partial charge on any atom is 0.303 e. The molecule has 0 aliphatic heterocycles. The fraction of sp³-hybridized carbons (Fsp3) is 0.467. The molecule has 0 aromatic carbocycles. The van der Waals surface area contributed by atoms with Gasteiger partial charge < -0.3 is 19.4 Å². The van der Waals surface area contributed by atoms with Gasteiger partial charge in [-0.3, -0.25) is 9.59 Å². The lowest BCUT2D eigenvalue weighted by molar-refractivity contribution is -0.137. The van der Waals surface area contributed by atoms with Gasteiger partial charge in [0.1, 0.15) is 0 Å². The van der Waals surface area contributed by atoms with Gasteiger partial charge in [-0.2, -0.15) is 4.98 Å². The van der Waals surface area contributed by atoms with E-state index < -0.39 is 11.5 Å². The molecular weight excluding hydrogens is 302 g/mol. The fourth-order valence-corrected chi connectivity index (χ4v) is 2.00. The van der Waals surface area contributed by atoms with E-state index in [9.17, 15) is 9.59 Å². The largest absolute Gasteiger partial charge is 0.481 e. The van der Waals surface area contributed by atoms with Crippen LogP contribution in [0.3, 0.4) is 0 Å². The Morgan fingerprint density at radius 2 is 2.13 bits per heavy atom. The number of aryl methyl sites for hydroxylation is 1. The van der Waals surface area contributed by atoms with Crippen molar-refractivity contribution in [2.24, 2.45) is 0 Å². The Hall–Kier alpha value is -2.64. The highest BCUT2D eigenvalue weighted by atomic mass is 16.5. The number of amides is 1. The number of carboxylic acids is 1. The molecule has 1 amide bonds. The molecule has 0 saturated heterocycles. The minimum atomic E-state index is -0.886. The molecule has 2 rings (SSSR count). The summed E-state index contributed by atoms with van der Waals surface area (Å²) >= 11 is 0. The van der Waals surface area contributed by atoms with Crippen molar-refractivity contribution in [3.63, 3.8) is 0 Å². The van der Waals surface area contributed by atoms with Gasteiger partial charge in [-0.05, 0) is 32.4 Å². The second-order valence-corrected chi connectivity index (χ2v) is 5.81. The minimum absolute atomic E-state index is 0.00342. The number of hydrogen-bond donors (Lipinski definition) is 2. The molecular formula is C15H19N3O5. The molecule has 23 heavy (non-hydrogen) atoms. The molecule has 8 heteroatoms. The van der Waals surface area contributed by atoms with Gasteiger partial charge in [0.15, 0.2) is 5.76 Å². The number of hydrogen-bond acceptors (Lipinski definition) is 6. The summed E-state index contributed by atoms with van der Waals surface area (Å²) in [5.41, 5.74) is -0.580. The van der Waals surface area contributed by atoms with Crippen molar-refractivity contribution < 1.29 is 23.6 Å². The van der Waals surface area contributed by atoms with Crippen molar-refractivity contribution in [3.05, 3.63) is 24.3 Å². The zero-order valence-electron chi connectivity index (χ0n) is 13.0. The average molecular weight is 321 g/mol. The second kappa shape index (κ2) is 7.08. The number of aliphatic carboxylic acids is 1. The highest BCUT2D eigenvalue weighted by Gasteiger charge is 2.22. The molecule has 124 valence electrons. The van der Waals surface area contributed by atoms with Crippen molar-refractivity contribution in [2.45, 2.75) is 45.1 Å². The van der Waals surface area contributed by atoms with Gasteiger partial charge in [-0.15, -0.1) is 0 Å².